The normalized spacial score (nSPS) is 22.2. The first-order valence-corrected chi connectivity index (χ1v) is 6.25. The molecule has 19 heavy (non-hydrogen) atoms. The number of esters is 1. The Kier molecular flexibility index (Phi) is 5.86. The van der Waals surface area contributed by atoms with Gasteiger partial charge in [-0.1, -0.05) is 6.58 Å². The topological polar surface area (TPSA) is 79.6 Å². The van der Waals surface area contributed by atoms with E-state index in [0.717, 1.165) is 6.26 Å². The number of rotatable bonds is 4. The fraction of sp³-hybridized carbons (Fsp3) is 0.615. The van der Waals surface area contributed by atoms with E-state index in [-0.39, 0.29) is 12.5 Å². The van der Waals surface area contributed by atoms with Gasteiger partial charge in [-0.25, -0.2) is 9.59 Å². The Morgan fingerprint density at radius 2 is 2.32 bits per heavy atom. The number of nitriles is 1. The molecule has 1 aliphatic heterocycles. The van der Waals surface area contributed by atoms with Crippen LogP contribution < -0.4 is 0 Å². The van der Waals surface area contributed by atoms with Crippen LogP contribution in [0.2, 0.25) is 0 Å². The number of hydrogen-bond donors (Lipinski definition) is 0. The zero-order chi connectivity index (χ0) is 14.3. The molecule has 0 spiro atoms. The van der Waals surface area contributed by atoms with Gasteiger partial charge in [0.05, 0.1) is 18.9 Å². The molecule has 0 aromatic heterocycles. The predicted molar refractivity (Wildman–Crippen MR) is 66.8 cm³/mol. The molecule has 1 heterocycles. The molecule has 0 aromatic carbocycles. The average Bonchev–Trinajstić information content (AvgIpc) is 2.39. The number of ether oxygens (including phenoxy) is 2. The minimum absolute atomic E-state index is 0.104. The van der Waals surface area contributed by atoms with Crippen molar-refractivity contribution in [2.75, 3.05) is 13.2 Å². The van der Waals surface area contributed by atoms with Gasteiger partial charge in [0.1, 0.15) is 6.04 Å². The molecule has 0 unspecified atom stereocenters. The summed E-state index contributed by atoms with van der Waals surface area (Å²) in [5, 5.41) is 8.72. The highest BCUT2D eigenvalue weighted by atomic mass is 16.6. The average molecular weight is 266 g/mol. The third-order valence-corrected chi connectivity index (χ3v) is 3.07. The lowest BCUT2D eigenvalue weighted by Crippen LogP contribution is -2.50. The van der Waals surface area contributed by atoms with Gasteiger partial charge >= 0.3 is 12.1 Å². The Morgan fingerprint density at radius 1 is 1.58 bits per heavy atom. The highest BCUT2D eigenvalue weighted by Gasteiger charge is 2.37. The Morgan fingerprint density at radius 3 is 2.89 bits per heavy atom. The van der Waals surface area contributed by atoms with E-state index >= 15 is 0 Å². The SMILES string of the molecule is C=COC(=O)N1CC[C@@H](CC#N)C[C@H]1C(=O)OCC. The van der Waals surface area contributed by atoms with E-state index in [1.165, 1.54) is 4.90 Å². The van der Waals surface area contributed by atoms with Gasteiger partial charge in [0.2, 0.25) is 0 Å². The number of amides is 1. The molecular formula is C13H18N2O4. The molecule has 0 aliphatic carbocycles. The first-order valence-electron chi connectivity index (χ1n) is 6.25. The summed E-state index contributed by atoms with van der Waals surface area (Å²) in [5.74, 6) is -0.349. The minimum atomic E-state index is -0.681. The first kappa shape index (κ1) is 15.0. The third kappa shape index (κ3) is 3.98. The van der Waals surface area contributed by atoms with Crippen molar-refractivity contribution in [1.29, 1.82) is 5.26 Å². The molecule has 6 nitrogen and oxygen atoms in total. The van der Waals surface area contributed by atoms with Crippen LogP contribution in [0.1, 0.15) is 26.2 Å². The van der Waals surface area contributed by atoms with Crippen LogP contribution >= 0.6 is 0 Å². The molecule has 0 N–H and O–H groups in total. The van der Waals surface area contributed by atoms with Crippen molar-refractivity contribution in [2.45, 2.75) is 32.2 Å². The standard InChI is InChI=1S/C13H18N2O4/c1-3-18-12(16)11-9-10(5-7-14)6-8-15(11)13(17)19-4-2/h4,10-11H,2-3,5-6,8-9H2,1H3/t10-,11+/m1/s1. The quantitative estimate of drug-likeness (QED) is 0.573. The summed E-state index contributed by atoms with van der Waals surface area (Å²) in [6.07, 6.45) is 1.91. The van der Waals surface area contributed by atoms with E-state index in [4.69, 9.17) is 14.7 Å². The van der Waals surface area contributed by atoms with Gasteiger partial charge in [-0.05, 0) is 25.7 Å². The lowest BCUT2D eigenvalue weighted by atomic mass is 9.89. The van der Waals surface area contributed by atoms with Gasteiger partial charge in [-0.2, -0.15) is 5.26 Å². The highest BCUT2D eigenvalue weighted by Crippen LogP contribution is 2.26. The lowest BCUT2D eigenvalue weighted by molar-refractivity contribution is -0.150. The van der Waals surface area contributed by atoms with E-state index in [1.54, 1.807) is 6.92 Å². The zero-order valence-electron chi connectivity index (χ0n) is 11.0. The number of carbonyl (C=O) groups is 2. The summed E-state index contributed by atoms with van der Waals surface area (Å²) in [6.45, 7) is 5.66. The van der Waals surface area contributed by atoms with Crippen molar-refractivity contribution >= 4 is 12.1 Å². The summed E-state index contributed by atoms with van der Waals surface area (Å²) >= 11 is 0. The van der Waals surface area contributed by atoms with E-state index < -0.39 is 18.1 Å². The summed E-state index contributed by atoms with van der Waals surface area (Å²) in [4.78, 5) is 25.0. The summed E-state index contributed by atoms with van der Waals surface area (Å²) in [6, 6.07) is 1.41. The van der Waals surface area contributed by atoms with Gasteiger partial charge in [-0.15, -0.1) is 0 Å². The molecule has 0 aromatic rings. The predicted octanol–water partition coefficient (Wildman–Crippen LogP) is 1.82. The van der Waals surface area contributed by atoms with Crippen LogP contribution in [0.25, 0.3) is 0 Å². The van der Waals surface area contributed by atoms with Crippen LogP contribution in [0.5, 0.6) is 0 Å². The molecule has 1 fully saturated rings. The third-order valence-electron chi connectivity index (χ3n) is 3.07. The summed E-state index contributed by atoms with van der Waals surface area (Å²) in [5.41, 5.74) is 0. The van der Waals surface area contributed by atoms with Gasteiger partial charge in [0.25, 0.3) is 0 Å². The van der Waals surface area contributed by atoms with Crippen LogP contribution in [0, 0.1) is 17.2 Å². The van der Waals surface area contributed by atoms with Crippen molar-refractivity contribution in [3.8, 4) is 6.07 Å². The van der Waals surface area contributed by atoms with Crippen LogP contribution in [0.15, 0.2) is 12.8 Å². The Labute approximate surface area is 112 Å². The summed E-state index contributed by atoms with van der Waals surface area (Å²) in [7, 11) is 0. The number of likely N-dealkylation sites (tertiary alicyclic amines) is 1. The molecular weight excluding hydrogens is 248 g/mol. The second kappa shape index (κ2) is 7.41. The maximum Gasteiger partial charge on any atom is 0.415 e. The smallest absolute Gasteiger partial charge is 0.415 e. The van der Waals surface area contributed by atoms with Crippen molar-refractivity contribution in [2.24, 2.45) is 5.92 Å². The molecule has 1 rings (SSSR count). The second-order valence-corrected chi connectivity index (χ2v) is 4.26. The summed E-state index contributed by atoms with van der Waals surface area (Å²) < 4.78 is 9.68. The largest absolute Gasteiger partial charge is 0.464 e. The fourth-order valence-electron chi connectivity index (χ4n) is 2.17. The molecule has 1 saturated heterocycles. The fourth-order valence-corrected chi connectivity index (χ4v) is 2.17. The van der Waals surface area contributed by atoms with Gasteiger partial charge < -0.3 is 9.47 Å². The van der Waals surface area contributed by atoms with Crippen molar-refractivity contribution in [3.05, 3.63) is 12.8 Å². The number of hydrogen-bond acceptors (Lipinski definition) is 5. The number of piperidine rings is 1. The molecule has 104 valence electrons. The van der Waals surface area contributed by atoms with Crippen LogP contribution in [-0.4, -0.2) is 36.2 Å². The molecule has 1 amide bonds. The zero-order valence-corrected chi connectivity index (χ0v) is 11.0. The molecule has 0 saturated carbocycles. The van der Waals surface area contributed by atoms with E-state index in [1.807, 2.05) is 0 Å². The van der Waals surface area contributed by atoms with Crippen molar-refractivity contribution < 1.29 is 19.1 Å². The molecule has 0 bridgehead atoms. The van der Waals surface area contributed by atoms with Crippen molar-refractivity contribution in [3.63, 3.8) is 0 Å². The number of carbonyl (C=O) groups excluding carboxylic acids is 2. The van der Waals surface area contributed by atoms with E-state index in [0.29, 0.717) is 25.8 Å². The first-order chi connectivity index (χ1) is 9.13. The lowest BCUT2D eigenvalue weighted by Gasteiger charge is -2.36. The van der Waals surface area contributed by atoms with Gasteiger partial charge in [0.15, 0.2) is 0 Å². The van der Waals surface area contributed by atoms with Crippen LogP contribution in [0.3, 0.4) is 0 Å². The second-order valence-electron chi connectivity index (χ2n) is 4.26. The molecule has 6 heteroatoms. The highest BCUT2D eigenvalue weighted by molar-refractivity contribution is 5.81. The maximum absolute atomic E-state index is 11.9. The van der Waals surface area contributed by atoms with Crippen LogP contribution in [-0.2, 0) is 14.3 Å². The van der Waals surface area contributed by atoms with E-state index in [9.17, 15) is 9.59 Å². The Balaban J connectivity index is 2.78. The molecule has 2 atom stereocenters. The monoisotopic (exact) mass is 266 g/mol. The van der Waals surface area contributed by atoms with Gasteiger partial charge in [-0.3, -0.25) is 4.90 Å². The molecule has 0 radical (unpaired) electrons. The Hall–Kier alpha value is -2.03. The Bertz CT molecular complexity index is 389. The van der Waals surface area contributed by atoms with E-state index in [2.05, 4.69) is 12.6 Å². The van der Waals surface area contributed by atoms with Gasteiger partial charge in [0, 0.05) is 13.0 Å². The van der Waals surface area contributed by atoms with Crippen molar-refractivity contribution in [1.82, 2.24) is 4.90 Å². The maximum atomic E-state index is 11.9. The minimum Gasteiger partial charge on any atom is -0.464 e. The number of nitrogens with zero attached hydrogens (tertiary/aromatic N) is 2. The molecule has 1 aliphatic rings. The van der Waals surface area contributed by atoms with Crippen LogP contribution in [0.4, 0.5) is 4.79 Å².